The highest BCUT2D eigenvalue weighted by Crippen LogP contribution is 2.32. The van der Waals surface area contributed by atoms with E-state index in [4.69, 9.17) is 14.2 Å². The zero-order valence-corrected chi connectivity index (χ0v) is 35.4. The van der Waals surface area contributed by atoms with Crippen LogP contribution in [0.5, 0.6) is 23.0 Å². The van der Waals surface area contributed by atoms with E-state index in [0.717, 1.165) is 56.5 Å². The summed E-state index contributed by atoms with van der Waals surface area (Å²) in [5, 5.41) is 25.3. The van der Waals surface area contributed by atoms with Gasteiger partial charge >= 0.3 is 0 Å². The van der Waals surface area contributed by atoms with E-state index in [2.05, 4.69) is 15.5 Å². The minimum Gasteiger partial charge on any atom is -0.508 e. The van der Waals surface area contributed by atoms with Crippen molar-refractivity contribution < 1.29 is 32.9 Å². The highest BCUT2D eigenvalue weighted by atomic mass is 32.1. The summed E-state index contributed by atoms with van der Waals surface area (Å²) >= 11 is 1.39. The number of ether oxygens (including phenoxy) is 3. The molecule has 9 aromatic rings. The first-order valence-corrected chi connectivity index (χ1v) is 21.1. The molecule has 0 unspecified atom stereocenters. The lowest BCUT2D eigenvalue weighted by Gasteiger charge is -2.27. The summed E-state index contributed by atoms with van der Waals surface area (Å²) in [6, 6.07) is 41.9. The molecule has 3 heterocycles. The summed E-state index contributed by atoms with van der Waals surface area (Å²) in [6.07, 6.45) is 3.65. The number of fused-ring (bicyclic) bond motifs is 2. The quantitative estimate of drug-likeness (QED) is 0.119. The Morgan fingerprint density at radius 1 is 0.698 bits per heavy atom. The summed E-state index contributed by atoms with van der Waals surface area (Å²) < 4.78 is 48.0. The van der Waals surface area contributed by atoms with E-state index >= 15 is 0 Å². The Kier molecular flexibility index (Phi) is 12.8. The van der Waals surface area contributed by atoms with E-state index in [1.165, 1.54) is 35.6 Å². The number of carbonyl (C=O) groups is 1. The maximum Gasteiger partial charge on any atom is 0.261 e. The van der Waals surface area contributed by atoms with Crippen LogP contribution in [0.3, 0.4) is 0 Å². The van der Waals surface area contributed by atoms with Gasteiger partial charge in [0.05, 0.1) is 52.8 Å². The lowest BCUT2D eigenvalue weighted by atomic mass is 10.0. The zero-order chi connectivity index (χ0) is 43.9. The van der Waals surface area contributed by atoms with Gasteiger partial charge in [0.1, 0.15) is 46.8 Å². The van der Waals surface area contributed by atoms with Gasteiger partial charge in [-0.1, -0.05) is 37.3 Å². The Morgan fingerprint density at radius 3 is 1.84 bits per heavy atom. The molecule has 0 aliphatic rings. The van der Waals surface area contributed by atoms with Crippen LogP contribution in [-0.4, -0.2) is 43.7 Å². The number of aromatic nitrogens is 4. The monoisotopic (exact) mass is 863 g/mol. The molecule has 2 N–H and O–H groups in total. The molecule has 13 heteroatoms. The van der Waals surface area contributed by atoms with Crippen LogP contribution in [0.15, 0.2) is 163 Å². The van der Waals surface area contributed by atoms with Crippen LogP contribution in [0.2, 0.25) is 0 Å². The molecule has 0 fully saturated rings. The van der Waals surface area contributed by atoms with Crippen LogP contribution >= 0.6 is 11.3 Å². The fraction of sp³-hybridized carbons (Fsp3) is 0.140. The maximum absolute atomic E-state index is 13.3. The smallest absolute Gasteiger partial charge is 0.261 e. The molecule has 0 saturated heterocycles. The second kappa shape index (κ2) is 19.0. The summed E-state index contributed by atoms with van der Waals surface area (Å²) in [6.45, 7) is 3.96. The molecule has 318 valence electrons. The second-order valence-electron chi connectivity index (χ2n) is 14.7. The molecule has 0 saturated carbocycles. The molecule has 10 nitrogen and oxygen atoms in total. The zero-order valence-electron chi connectivity index (χ0n) is 34.6. The van der Waals surface area contributed by atoms with Gasteiger partial charge in [-0.2, -0.15) is 10.2 Å². The van der Waals surface area contributed by atoms with Gasteiger partial charge in [-0.05, 0) is 145 Å². The number of phenolic OH excluding ortho intramolecular Hbond substituents is 1. The number of nitrogens with one attached hydrogen (secondary N) is 1. The first kappa shape index (κ1) is 42.2. The van der Waals surface area contributed by atoms with E-state index in [9.17, 15) is 18.7 Å². The number of nitrogens with zero attached hydrogens (tertiary/aromatic N) is 4. The van der Waals surface area contributed by atoms with Crippen molar-refractivity contribution in [1.82, 2.24) is 24.9 Å². The van der Waals surface area contributed by atoms with Crippen molar-refractivity contribution in [3.8, 4) is 34.4 Å². The first-order valence-electron chi connectivity index (χ1n) is 20.2. The standard InChI is InChI=1S/C28H24FN3O3S.C22H19FN2O2/c1-18(31-28(33)26-7-4-14-36-26)27(19-5-3-6-23(15-19)34-2)35-24-12-13-25-20(16-24)17-30-32(25)22-10-8-21(29)9-11-22;1-2-22(15-4-3-5-19(26)12-15)27-20-10-11-21-16(13-20)14-24-25(21)18-8-6-17(23)7-9-18/h3-18,27H,1-2H3,(H,31,33);3-14,22,26H,2H2,1H3/t18-,27-;22-/m00/s1. The molecule has 0 spiro atoms. The van der Waals surface area contributed by atoms with Gasteiger partial charge in [-0.3, -0.25) is 4.79 Å². The van der Waals surface area contributed by atoms with Crippen LogP contribution in [0.25, 0.3) is 33.2 Å². The number of aromatic hydroxyl groups is 1. The topological polar surface area (TPSA) is 113 Å². The highest BCUT2D eigenvalue weighted by molar-refractivity contribution is 7.12. The number of methoxy groups -OCH3 is 1. The van der Waals surface area contributed by atoms with Crippen LogP contribution in [0.1, 0.15) is 53.3 Å². The molecule has 0 aliphatic carbocycles. The van der Waals surface area contributed by atoms with Crippen molar-refractivity contribution in [1.29, 1.82) is 0 Å². The van der Waals surface area contributed by atoms with Gasteiger partial charge < -0.3 is 24.6 Å². The molecular formula is C50H43F2N5O5S. The lowest BCUT2D eigenvalue weighted by Crippen LogP contribution is -2.38. The molecule has 0 bridgehead atoms. The number of benzene rings is 6. The number of rotatable bonds is 13. The van der Waals surface area contributed by atoms with Gasteiger partial charge in [-0.15, -0.1) is 11.3 Å². The summed E-state index contributed by atoms with van der Waals surface area (Å²) in [7, 11) is 1.61. The maximum atomic E-state index is 13.3. The molecular weight excluding hydrogens is 821 g/mol. The fourth-order valence-corrected chi connectivity index (χ4v) is 7.83. The Bertz CT molecular complexity index is 2950. The number of amides is 1. The van der Waals surface area contributed by atoms with Crippen LogP contribution in [-0.2, 0) is 0 Å². The highest BCUT2D eigenvalue weighted by Gasteiger charge is 2.25. The number of halogens is 2. The van der Waals surface area contributed by atoms with E-state index in [1.54, 1.807) is 71.3 Å². The van der Waals surface area contributed by atoms with Crippen molar-refractivity contribution in [2.24, 2.45) is 0 Å². The van der Waals surface area contributed by atoms with Gasteiger partial charge in [0, 0.05) is 10.8 Å². The van der Waals surface area contributed by atoms with Gasteiger partial charge in [-0.25, -0.2) is 18.1 Å². The third kappa shape index (κ3) is 9.84. The molecule has 3 aromatic heterocycles. The average molecular weight is 864 g/mol. The van der Waals surface area contributed by atoms with Crippen LogP contribution < -0.4 is 19.5 Å². The van der Waals surface area contributed by atoms with Gasteiger partial charge in [0.25, 0.3) is 5.91 Å². The Balaban J connectivity index is 0.000000180. The summed E-state index contributed by atoms with van der Waals surface area (Å²) in [4.78, 5) is 13.4. The lowest BCUT2D eigenvalue weighted by molar-refractivity contribution is 0.0886. The normalized spacial score (nSPS) is 12.5. The number of phenols is 1. The van der Waals surface area contributed by atoms with Crippen molar-refractivity contribution in [3.05, 3.63) is 191 Å². The minimum absolute atomic E-state index is 0.148. The van der Waals surface area contributed by atoms with Gasteiger partial charge in [0.2, 0.25) is 0 Å². The van der Waals surface area contributed by atoms with Crippen LogP contribution in [0, 0.1) is 11.6 Å². The Morgan fingerprint density at radius 2 is 1.29 bits per heavy atom. The second-order valence-corrected chi connectivity index (χ2v) is 15.6. The first-order chi connectivity index (χ1) is 30.6. The van der Waals surface area contributed by atoms with Crippen LogP contribution in [0.4, 0.5) is 8.78 Å². The summed E-state index contributed by atoms with van der Waals surface area (Å²) in [5.41, 5.74) is 5.14. The summed E-state index contributed by atoms with van der Waals surface area (Å²) in [5.74, 6) is 1.57. The number of thiophene rings is 1. The Hall–Kier alpha value is -7.51. The minimum atomic E-state index is -0.478. The van der Waals surface area contributed by atoms with Crippen molar-refractivity contribution in [2.45, 2.75) is 38.5 Å². The van der Waals surface area contributed by atoms with Gasteiger partial charge in [0.15, 0.2) is 0 Å². The average Bonchev–Trinajstić information content (AvgIpc) is 4.09. The molecule has 6 aromatic carbocycles. The number of hydrogen-bond acceptors (Lipinski definition) is 8. The molecule has 3 atom stereocenters. The van der Waals surface area contributed by atoms with Crippen molar-refractivity contribution >= 4 is 39.0 Å². The number of carbonyl (C=O) groups excluding carboxylic acids is 1. The number of hydrogen-bond donors (Lipinski definition) is 2. The van der Waals surface area contributed by atoms with E-state index < -0.39 is 6.10 Å². The predicted molar refractivity (Wildman–Crippen MR) is 241 cm³/mol. The van der Waals surface area contributed by atoms with E-state index in [0.29, 0.717) is 16.4 Å². The molecule has 9 rings (SSSR count). The van der Waals surface area contributed by atoms with E-state index in [1.807, 2.05) is 98.1 Å². The molecule has 0 radical (unpaired) electrons. The Labute approximate surface area is 366 Å². The molecule has 63 heavy (non-hydrogen) atoms. The third-order valence-corrected chi connectivity index (χ3v) is 11.2. The fourth-order valence-electron chi connectivity index (χ4n) is 7.21. The predicted octanol–water partition coefficient (Wildman–Crippen LogP) is 11.6. The third-order valence-electron chi connectivity index (χ3n) is 10.4. The molecule has 0 aliphatic heterocycles. The largest absolute Gasteiger partial charge is 0.508 e. The van der Waals surface area contributed by atoms with Crippen molar-refractivity contribution in [3.63, 3.8) is 0 Å². The SMILES string of the molecule is CC[C@H](Oc1ccc2c(cnn2-c2ccc(F)cc2)c1)c1cccc(O)c1.COc1cccc([C@@H](Oc2ccc3c(cnn3-c3ccc(F)cc3)c2)[C@H](C)NC(=O)c2cccs2)c1. The molecule has 1 amide bonds. The van der Waals surface area contributed by atoms with Crippen molar-refractivity contribution in [2.75, 3.05) is 7.11 Å². The van der Waals surface area contributed by atoms with E-state index in [-0.39, 0.29) is 35.4 Å².